The Bertz CT molecular complexity index is 629. The molecule has 0 amide bonds. The average molecular weight is 305 g/mol. The molecule has 0 aliphatic rings. The van der Waals surface area contributed by atoms with Crippen molar-refractivity contribution in [3.05, 3.63) is 52.3 Å². The third-order valence-corrected chi connectivity index (χ3v) is 4.30. The zero-order valence-corrected chi connectivity index (χ0v) is 13.5. The molecule has 21 heavy (non-hydrogen) atoms. The molecule has 0 fully saturated rings. The number of halogens is 1. The molecule has 112 valence electrons. The number of hydrogen-bond acceptors (Lipinski definition) is 2. The van der Waals surface area contributed by atoms with Gasteiger partial charge in [0.2, 0.25) is 0 Å². The van der Waals surface area contributed by atoms with Gasteiger partial charge in [0.1, 0.15) is 0 Å². The van der Waals surface area contributed by atoms with Gasteiger partial charge in [-0.25, -0.2) is 0 Å². The van der Waals surface area contributed by atoms with E-state index in [-0.39, 0.29) is 5.78 Å². The average Bonchev–Trinajstić information content (AvgIpc) is 2.91. The van der Waals surface area contributed by atoms with Crippen LogP contribution in [0.15, 0.2) is 30.5 Å². The van der Waals surface area contributed by atoms with Crippen LogP contribution in [0.4, 0.5) is 0 Å². The summed E-state index contributed by atoms with van der Waals surface area (Å²) >= 11 is 6.07. The Morgan fingerprint density at radius 3 is 2.67 bits per heavy atom. The van der Waals surface area contributed by atoms with E-state index in [0.29, 0.717) is 23.0 Å². The van der Waals surface area contributed by atoms with Crippen LogP contribution in [0.1, 0.15) is 54.3 Å². The number of carbonyl (C=O) groups excluding carboxylic acids is 1. The molecule has 0 bridgehead atoms. The van der Waals surface area contributed by atoms with Crippen LogP contribution in [-0.4, -0.2) is 15.6 Å². The fraction of sp³-hybridized carbons (Fsp3) is 0.412. The summed E-state index contributed by atoms with van der Waals surface area (Å²) < 4.78 is 1.97. The minimum Gasteiger partial charge on any atom is -0.294 e. The minimum absolute atomic E-state index is 0.0600. The highest BCUT2D eigenvalue weighted by Crippen LogP contribution is 2.20. The van der Waals surface area contributed by atoms with Crippen molar-refractivity contribution in [2.45, 2.75) is 46.1 Å². The predicted molar refractivity (Wildman–Crippen MR) is 86.1 cm³/mol. The molecular weight excluding hydrogens is 284 g/mol. The summed E-state index contributed by atoms with van der Waals surface area (Å²) in [6.45, 7) is 6.17. The lowest BCUT2D eigenvalue weighted by molar-refractivity contribution is 0.0991. The largest absolute Gasteiger partial charge is 0.294 e. The van der Waals surface area contributed by atoms with Crippen molar-refractivity contribution in [1.29, 1.82) is 0 Å². The van der Waals surface area contributed by atoms with Crippen LogP contribution < -0.4 is 0 Å². The zero-order chi connectivity index (χ0) is 15.4. The van der Waals surface area contributed by atoms with Gasteiger partial charge in [0.15, 0.2) is 5.78 Å². The Kier molecular flexibility index (Phi) is 5.18. The number of aromatic nitrogens is 2. The standard InChI is InChI=1S/C17H21ClN2O/c1-4-14(5-2)20-10-9-13(19-20)11-17(21)15-7-6-8-16(18)12(15)3/h6-10,14H,4-5,11H2,1-3H3. The van der Waals surface area contributed by atoms with Crippen LogP contribution in [0, 0.1) is 6.92 Å². The van der Waals surface area contributed by atoms with Crippen LogP contribution in [0.2, 0.25) is 5.02 Å². The first kappa shape index (κ1) is 15.8. The lowest BCUT2D eigenvalue weighted by Crippen LogP contribution is -2.10. The molecule has 3 nitrogen and oxygen atoms in total. The molecule has 0 atom stereocenters. The Labute approximate surface area is 130 Å². The summed E-state index contributed by atoms with van der Waals surface area (Å²) in [6.07, 6.45) is 4.36. The van der Waals surface area contributed by atoms with E-state index in [1.807, 2.05) is 36.0 Å². The number of carbonyl (C=O) groups is 1. The SMILES string of the molecule is CCC(CC)n1ccc(CC(=O)c2cccc(Cl)c2C)n1. The summed E-state index contributed by atoms with van der Waals surface area (Å²) in [7, 11) is 0. The number of nitrogens with zero attached hydrogens (tertiary/aromatic N) is 2. The van der Waals surface area contributed by atoms with Crippen molar-refractivity contribution in [2.75, 3.05) is 0 Å². The highest BCUT2D eigenvalue weighted by Gasteiger charge is 2.14. The topological polar surface area (TPSA) is 34.9 Å². The van der Waals surface area contributed by atoms with E-state index in [0.717, 1.165) is 24.1 Å². The molecule has 2 rings (SSSR count). The van der Waals surface area contributed by atoms with Crippen LogP contribution in [-0.2, 0) is 6.42 Å². The molecular formula is C17H21ClN2O. The van der Waals surface area contributed by atoms with E-state index in [4.69, 9.17) is 11.6 Å². The molecule has 1 aromatic heterocycles. The maximum atomic E-state index is 12.4. The number of hydrogen-bond donors (Lipinski definition) is 0. The fourth-order valence-corrected chi connectivity index (χ4v) is 2.68. The number of Topliss-reactive ketones (excluding diaryl/α,β-unsaturated/α-hetero) is 1. The van der Waals surface area contributed by atoms with Gasteiger partial charge in [-0.15, -0.1) is 0 Å². The van der Waals surface area contributed by atoms with E-state index in [2.05, 4.69) is 18.9 Å². The minimum atomic E-state index is 0.0600. The highest BCUT2D eigenvalue weighted by molar-refractivity contribution is 6.31. The van der Waals surface area contributed by atoms with Gasteiger partial charge in [0, 0.05) is 16.8 Å². The molecule has 0 radical (unpaired) electrons. The number of benzene rings is 1. The summed E-state index contributed by atoms with van der Waals surface area (Å²) in [5, 5.41) is 5.16. The van der Waals surface area contributed by atoms with Gasteiger partial charge in [0.25, 0.3) is 0 Å². The Hall–Kier alpha value is -1.61. The quantitative estimate of drug-likeness (QED) is 0.729. The Morgan fingerprint density at radius 1 is 1.29 bits per heavy atom. The van der Waals surface area contributed by atoms with Crippen molar-refractivity contribution in [2.24, 2.45) is 0 Å². The summed E-state index contributed by atoms with van der Waals surface area (Å²) in [5.41, 5.74) is 2.33. The molecule has 4 heteroatoms. The molecule has 0 unspecified atom stereocenters. The molecule has 0 spiro atoms. The van der Waals surface area contributed by atoms with Crippen molar-refractivity contribution in [1.82, 2.24) is 9.78 Å². The summed E-state index contributed by atoms with van der Waals surface area (Å²) in [5.74, 6) is 0.0600. The van der Waals surface area contributed by atoms with Gasteiger partial charge in [-0.1, -0.05) is 37.6 Å². The van der Waals surface area contributed by atoms with Gasteiger partial charge in [-0.2, -0.15) is 5.10 Å². The van der Waals surface area contributed by atoms with E-state index >= 15 is 0 Å². The van der Waals surface area contributed by atoms with Crippen molar-refractivity contribution < 1.29 is 4.79 Å². The smallest absolute Gasteiger partial charge is 0.169 e. The van der Waals surface area contributed by atoms with Crippen LogP contribution >= 0.6 is 11.6 Å². The second-order valence-electron chi connectivity index (χ2n) is 5.27. The second-order valence-corrected chi connectivity index (χ2v) is 5.68. The first-order valence-electron chi connectivity index (χ1n) is 7.39. The van der Waals surface area contributed by atoms with Gasteiger partial charge in [-0.05, 0) is 37.5 Å². The van der Waals surface area contributed by atoms with E-state index < -0.39 is 0 Å². The maximum Gasteiger partial charge on any atom is 0.169 e. The normalized spacial score (nSPS) is 11.1. The number of ketones is 1. The summed E-state index contributed by atoms with van der Waals surface area (Å²) in [4.78, 5) is 12.4. The molecule has 1 heterocycles. The molecule has 0 saturated heterocycles. The van der Waals surface area contributed by atoms with Gasteiger partial charge in [-0.3, -0.25) is 9.48 Å². The van der Waals surface area contributed by atoms with E-state index in [1.54, 1.807) is 6.07 Å². The third-order valence-electron chi connectivity index (χ3n) is 3.89. The summed E-state index contributed by atoms with van der Waals surface area (Å²) in [6, 6.07) is 7.76. The first-order valence-corrected chi connectivity index (χ1v) is 7.76. The van der Waals surface area contributed by atoms with Crippen molar-refractivity contribution >= 4 is 17.4 Å². The molecule has 0 saturated carbocycles. The lowest BCUT2D eigenvalue weighted by Gasteiger charge is -2.12. The fourth-order valence-electron chi connectivity index (χ4n) is 2.51. The monoisotopic (exact) mass is 304 g/mol. The molecule has 1 aromatic carbocycles. The second kappa shape index (κ2) is 6.90. The molecule has 0 aliphatic heterocycles. The van der Waals surface area contributed by atoms with Gasteiger partial charge in [0.05, 0.1) is 18.2 Å². The molecule has 2 aromatic rings. The zero-order valence-electron chi connectivity index (χ0n) is 12.8. The van der Waals surface area contributed by atoms with Crippen LogP contribution in [0.25, 0.3) is 0 Å². The maximum absolute atomic E-state index is 12.4. The van der Waals surface area contributed by atoms with Crippen LogP contribution in [0.3, 0.4) is 0 Å². The molecule has 0 N–H and O–H groups in total. The van der Waals surface area contributed by atoms with Crippen LogP contribution in [0.5, 0.6) is 0 Å². The van der Waals surface area contributed by atoms with E-state index in [9.17, 15) is 4.79 Å². The van der Waals surface area contributed by atoms with Crippen molar-refractivity contribution in [3.63, 3.8) is 0 Å². The Balaban J connectivity index is 2.15. The number of rotatable bonds is 6. The predicted octanol–water partition coefficient (Wildman–Crippen LogP) is 4.63. The van der Waals surface area contributed by atoms with Crippen molar-refractivity contribution in [3.8, 4) is 0 Å². The lowest BCUT2D eigenvalue weighted by atomic mass is 10.0. The first-order chi connectivity index (χ1) is 10.1. The van der Waals surface area contributed by atoms with E-state index in [1.165, 1.54) is 0 Å². The third kappa shape index (κ3) is 3.53. The Morgan fingerprint density at radius 2 is 2.00 bits per heavy atom. The molecule has 0 aliphatic carbocycles. The highest BCUT2D eigenvalue weighted by atomic mass is 35.5. The van der Waals surface area contributed by atoms with Gasteiger partial charge < -0.3 is 0 Å². The van der Waals surface area contributed by atoms with Gasteiger partial charge >= 0.3 is 0 Å².